The van der Waals surface area contributed by atoms with E-state index in [2.05, 4.69) is 20.4 Å². The molecule has 4 nitrogen and oxygen atoms in total. The van der Waals surface area contributed by atoms with Gasteiger partial charge in [0.1, 0.15) is 11.4 Å². The van der Waals surface area contributed by atoms with Crippen molar-refractivity contribution in [1.29, 1.82) is 0 Å². The molecule has 0 bridgehead atoms. The van der Waals surface area contributed by atoms with Crippen LogP contribution in [0.3, 0.4) is 0 Å². The van der Waals surface area contributed by atoms with Gasteiger partial charge in [0.15, 0.2) is 5.82 Å². The SMILES string of the molecule is Fc1cccnc1-c1cn[nH]n1. The number of pyridine rings is 1. The Morgan fingerprint density at radius 1 is 1.42 bits per heavy atom. The van der Waals surface area contributed by atoms with Gasteiger partial charge in [-0.2, -0.15) is 15.4 Å². The summed E-state index contributed by atoms with van der Waals surface area (Å²) in [5.41, 5.74) is 0.624. The molecule has 60 valence electrons. The summed E-state index contributed by atoms with van der Waals surface area (Å²) in [5.74, 6) is -0.397. The average molecular weight is 164 g/mol. The Balaban J connectivity index is 2.55. The first-order valence-corrected chi connectivity index (χ1v) is 3.34. The normalized spacial score (nSPS) is 10.1. The Labute approximate surface area is 67.5 Å². The van der Waals surface area contributed by atoms with Crippen molar-refractivity contribution in [3.05, 3.63) is 30.3 Å². The molecule has 5 heteroatoms. The molecule has 0 atom stereocenters. The lowest BCUT2D eigenvalue weighted by Crippen LogP contribution is -1.87. The molecule has 0 aromatic carbocycles. The number of H-pyrrole nitrogens is 1. The Bertz CT molecular complexity index is 371. The number of aromatic amines is 1. The zero-order chi connectivity index (χ0) is 8.39. The first kappa shape index (κ1) is 6.90. The van der Waals surface area contributed by atoms with Crippen molar-refractivity contribution in [3.8, 4) is 11.4 Å². The van der Waals surface area contributed by atoms with E-state index >= 15 is 0 Å². The van der Waals surface area contributed by atoms with E-state index in [-0.39, 0.29) is 5.69 Å². The fourth-order valence-corrected chi connectivity index (χ4v) is 0.890. The van der Waals surface area contributed by atoms with Crippen molar-refractivity contribution < 1.29 is 4.39 Å². The van der Waals surface area contributed by atoms with Gasteiger partial charge in [-0.05, 0) is 12.1 Å². The van der Waals surface area contributed by atoms with Gasteiger partial charge in [-0.15, -0.1) is 0 Å². The summed E-state index contributed by atoms with van der Waals surface area (Å²) < 4.78 is 13.0. The minimum absolute atomic E-state index is 0.214. The molecule has 0 aliphatic rings. The highest BCUT2D eigenvalue weighted by Crippen LogP contribution is 2.14. The minimum atomic E-state index is -0.397. The lowest BCUT2D eigenvalue weighted by atomic mass is 10.3. The van der Waals surface area contributed by atoms with E-state index in [1.54, 1.807) is 0 Å². The van der Waals surface area contributed by atoms with Crippen molar-refractivity contribution in [1.82, 2.24) is 20.4 Å². The number of hydrogen-bond donors (Lipinski definition) is 1. The van der Waals surface area contributed by atoms with Gasteiger partial charge in [-0.3, -0.25) is 4.98 Å². The Morgan fingerprint density at radius 3 is 3.00 bits per heavy atom. The first-order valence-electron chi connectivity index (χ1n) is 3.34. The van der Waals surface area contributed by atoms with E-state index in [0.29, 0.717) is 5.69 Å². The molecule has 0 saturated carbocycles. The van der Waals surface area contributed by atoms with Gasteiger partial charge in [-0.25, -0.2) is 4.39 Å². The summed E-state index contributed by atoms with van der Waals surface area (Å²) in [6, 6.07) is 2.86. The second-order valence-electron chi connectivity index (χ2n) is 2.19. The van der Waals surface area contributed by atoms with Crippen LogP contribution in [0.5, 0.6) is 0 Å². The van der Waals surface area contributed by atoms with E-state index in [4.69, 9.17) is 0 Å². The van der Waals surface area contributed by atoms with E-state index in [9.17, 15) is 4.39 Å². The molecular weight excluding hydrogens is 159 g/mol. The van der Waals surface area contributed by atoms with E-state index in [1.807, 2.05) is 0 Å². The average Bonchev–Trinajstić information content (AvgIpc) is 2.57. The smallest absolute Gasteiger partial charge is 0.151 e. The standard InChI is InChI=1S/C7H5FN4/c8-5-2-1-3-9-7(5)6-4-10-12-11-6/h1-4H,(H,10,11,12). The molecule has 0 amide bonds. The van der Waals surface area contributed by atoms with Gasteiger partial charge < -0.3 is 0 Å². The summed E-state index contributed by atoms with van der Waals surface area (Å²) in [4.78, 5) is 3.82. The quantitative estimate of drug-likeness (QED) is 0.684. The van der Waals surface area contributed by atoms with Crippen molar-refractivity contribution in [2.75, 3.05) is 0 Å². The summed E-state index contributed by atoms with van der Waals surface area (Å²) in [6.07, 6.45) is 2.93. The molecule has 0 fully saturated rings. The molecule has 12 heavy (non-hydrogen) atoms. The number of nitrogens with zero attached hydrogens (tertiary/aromatic N) is 3. The van der Waals surface area contributed by atoms with Crippen LogP contribution in [-0.4, -0.2) is 20.4 Å². The highest BCUT2D eigenvalue weighted by molar-refractivity contribution is 5.52. The van der Waals surface area contributed by atoms with Crippen LogP contribution in [0.25, 0.3) is 11.4 Å². The Hall–Kier alpha value is -1.78. The molecule has 1 N–H and O–H groups in total. The summed E-state index contributed by atoms with van der Waals surface area (Å²) in [6.45, 7) is 0. The van der Waals surface area contributed by atoms with Crippen LogP contribution in [0.4, 0.5) is 4.39 Å². The summed E-state index contributed by atoms with van der Waals surface area (Å²) in [7, 11) is 0. The first-order chi connectivity index (χ1) is 5.88. The number of rotatable bonds is 1. The monoisotopic (exact) mass is 164 g/mol. The van der Waals surface area contributed by atoms with Gasteiger partial charge in [0.05, 0.1) is 6.20 Å². The predicted octanol–water partition coefficient (Wildman–Crippen LogP) is 1.01. The fourth-order valence-electron chi connectivity index (χ4n) is 0.890. The number of nitrogens with one attached hydrogen (secondary N) is 1. The number of aromatic nitrogens is 4. The summed E-state index contributed by atoms with van der Waals surface area (Å²) >= 11 is 0. The maximum atomic E-state index is 13.0. The van der Waals surface area contributed by atoms with Gasteiger partial charge in [0.2, 0.25) is 0 Å². The molecule has 2 heterocycles. The zero-order valence-electron chi connectivity index (χ0n) is 6.03. The van der Waals surface area contributed by atoms with Crippen molar-refractivity contribution in [2.45, 2.75) is 0 Å². The third-order valence-electron chi connectivity index (χ3n) is 1.42. The molecule has 0 aliphatic heterocycles. The largest absolute Gasteiger partial charge is 0.251 e. The Kier molecular flexibility index (Phi) is 1.55. The minimum Gasteiger partial charge on any atom is -0.251 e. The molecular formula is C7H5FN4. The lowest BCUT2D eigenvalue weighted by Gasteiger charge is -1.94. The maximum absolute atomic E-state index is 13.0. The number of halogens is 1. The van der Waals surface area contributed by atoms with Crippen LogP contribution in [0.1, 0.15) is 0 Å². The molecule has 2 aromatic rings. The summed E-state index contributed by atoms with van der Waals surface area (Å²) in [5, 5.41) is 9.65. The third-order valence-corrected chi connectivity index (χ3v) is 1.42. The predicted molar refractivity (Wildman–Crippen MR) is 39.6 cm³/mol. The molecule has 0 unspecified atom stereocenters. The highest BCUT2D eigenvalue weighted by Gasteiger charge is 2.06. The lowest BCUT2D eigenvalue weighted by molar-refractivity contribution is 0.625. The van der Waals surface area contributed by atoms with E-state index in [1.165, 1.54) is 24.5 Å². The van der Waals surface area contributed by atoms with Crippen LogP contribution in [-0.2, 0) is 0 Å². The molecule has 0 spiro atoms. The highest BCUT2D eigenvalue weighted by atomic mass is 19.1. The Morgan fingerprint density at radius 2 is 2.33 bits per heavy atom. The third kappa shape index (κ3) is 1.05. The maximum Gasteiger partial charge on any atom is 0.151 e. The topological polar surface area (TPSA) is 54.5 Å². The van der Waals surface area contributed by atoms with E-state index in [0.717, 1.165) is 0 Å². The van der Waals surface area contributed by atoms with Crippen LogP contribution in [0.15, 0.2) is 24.5 Å². The van der Waals surface area contributed by atoms with Gasteiger partial charge >= 0.3 is 0 Å². The molecule has 0 aliphatic carbocycles. The van der Waals surface area contributed by atoms with Crippen molar-refractivity contribution in [3.63, 3.8) is 0 Å². The second-order valence-corrected chi connectivity index (χ2v) is 2.19. The molecule has 2 rings (SSSR count). The van der Waals surface area contributed by atoms with Gasteiger partial charge in [0, 0.05) is 6.20 Å². The molecule has 0 saturated heterocycles. The molecule has 2 aromatic heterocycles. The van der Waals surface area contributed by atoms with Gasteiger partial charge in [-0.1, -0.05) is 0 Å². The van der Waals surface area contributed by atoms with Crippen LogP contribution < -0.4 is 0 Å². The van der Waals surface area contributed by atoms with E-state index < -0.39 is 5.82 Å². The molecule has 0 radical (unpaired) electrons. The van der Waals surface area contributed by atoms with Crippen LogP contribution >= 0.6 is 0 Å². The van der Waals surface area contributed by atoms with Crippen LogP contribution in [0, 0.1) is 5.82 Å². The van der Waals surface area contributed by atoms with Gasteiger partial charge in [0.25, 0.3) is 0 Å². The van der Waals surface area contributed by atoms with Crippen molar-refractivity contribution in [2.24, 2.45) is 0 Å². The zero-order valence-corrected chi connectivity index (χ0v) is 6.03. The van der Waals surface area contributed by atoms with Crippen molar-refractivity contribution >= 4 is 0 Å². The fraction of sp³-hybridized carbons (Fsp3) is 0. The van der Waals surface area contributed by atoms with Crippen LogP contribution in [0.2, 0.25) is 0 Å². The number of hydrogen-bond acceptors (Lipinski definition) is 3. The second kappa shape index (κ2) is 2.69.